The Morgan fingerprint density at radius 2 is 2.00 bits per heavy atom. The minimum absolute atomic E-state index is 0.00884. The Labute approximate surface area is 141 Å². The van der Waals surface area contributed by atoms with E-state index in [1.165, 1.54) is 12.1 Å². The zero-order valence-electron chi connectivity index (χ0n) is 13.7. The molecule has 1 aromatic carbocycles. The van der Waals surface area contributed by atoms with Crippen molar-refractivity contribution in [1.82, 2.24) is 10.0 Å². The summed E-state index contributed by atoms with van der Waals surface area (Å²) in [7, 11) is -3.62. The molecule has 8 heteroatoms. The van der Waals surface area contributed by atoms with Crippen molar-refractivity contribution >= 4 is 21.9 Å². The van der Waals surface area contributed by atoms with E-state index in [0.717, 1.165) is 12.8 Å². The number of carboxylic acid groups (broad SMARTS) is 1. The molecule has 1 aliphatic rings. The van der Waals surface area contributed by atoms with Gasteiger partial charge in [0.1, 0.15) is 0 Å². The third-order valence-corrected chi connectivity index (χ3v) is 5.32. The molecule has 1 fully saturated rings. The summed E-state index contributed by atoms with van der Waals surface area (Å²) < 4.78 is 27.1. The molecule has 0 aromatic heterocycles. The van der Waals surface area contributed by atoms with Crippen molar-refractivity contribution < 1.29 is 23.1 Å². The van der Waals surface area contributed by atoms with Gasteiger partial charge in [0.15, 0.2) is 0 Å². The van der Waals surface area contributed by atoms with Crippen LogP contribution >= 0.6 is 0 Å². The predicted octanol–water partition coefficient (Wildman–Crippen LogP) is 1.28. The normalized spacial score (nSPS) is 15.8. The summed E-state index contributed by atoms with van der Waals surface area (Å²) in [6.07, 6.45) is 1.62. The van der Waals surface area contributed by atoms with Crippen LogP contribution in [0.5, 0.6) is 0 Å². The van der Waals surface area contributed by atoms with E-state index in [0.29, 0.717) is 5.56 Å². The molecule has 2 rings (SSSR count). The quantitative estimate of drug-likeness (QED) is 0.651. The molecule has 1 aliphatic carbocycles. The molecule has 7 nitrogen and oxygen atoms in total. The van der Waals surface area contributed by atoms with Gasteiger partial charge >= 0.3 is 5.97 Å². The molecule has 1 aromatic rings. The van der Waals surface area contributed by atoms with Crippen molar-refractivity contribution in [3.05, 3.63) is 29.3 Å². The standard InChI is InChI=1S/C16H22N2O5S/c1-10(7-15(19)20)9-17-16(21)14-8-13(6-3-11(14)2)24(22,23)18-12-4-5-12/h3,6,8,10,12,18H,4-5,7,9H2,1-2H3,(H,17,21)(H,19,20). The van der Waals surface area contributed by atoms with Gasteiger partial charge in [0.2, 0.25) is 10.0 Å². The van der Waals surface area contributed by atoms with Gasteiger partial charge in [-0.25, -0.2) is 13.1 Å². The molecule has 3 N–H and O–H groups in total. The van der Waals surface area contributed by atoms with E-state index in [2.05, 4.69) is 10.0 Å². The number of aryl methyl sites for hydroxylation is 1. The molecule has 1 unspecified atom stereocenters. The van der Waals surface area contributed by atoms with Crippen LogP contribution in [-0.4, -0.2) is 38.0 Å². The number of sulfonamides is 1. The van der Waals surface area contributed by atoms with Crippen molar-refractivity contribution in [2.24, 2.45) is 5.92 Å². The van der Waals surface area contributed by atoms with E-state index in [1.807, 2.05) is 0 Å². The lowest BCUT2D eigenvalue weighted by Crippen LogP contribution is -2.30. The summed E-state index contributed by atoms with van der Waals surface area (Å²) in [5.41, 5.74) is 0.931. The first-order valence-corrected chi connectivity index (χ1v) is 9.30. The number of hydrogen-bond donors (Lipinski definition) is 3. The maximum Gasteiger partial charge on any atom is 0.303 e. The van der Waals surface area contributed by atoms with E-state index in [-0.39, 0.29) is 35.4 Å². The summed E-state index contributed by atoms with van der Waals surface area (Å²) in [5, 5.41) is 11.4. The van der Waals surface area contributed by atoms with Gasteiger partial charge in [-0.3, -0.25) is 9.59 Å². The van der Waals surface area contributed by atoms with Crippen molar-refractivity contribution in [2.75, 3.05) is 6.54 Å². The van der Waals surface area contributed by atoms with Crippen LogP contribution in [0.25, 0.3) is 0 Å². The van der Waals surface area contributed by atoms with Crippen molar-refractivity contribution in [3.8, 4) is 0 Å². The summed E-state index contributed by atoms with van der Waals surface area (Å²) in [6, 6.07) is 4.42. The SMILES string of the molecule is Cc1ccc(S(=O)(=O)NC2CC2)cc1C(=O)NCC(C)CC(=O)O. The number of carbonyl (C=O) groups is 2. The van der Waals surface area contributed by atoms with Crippen LogP contribution in [0, 0.1) is 12.8 Å². The Balaban J connectivity index is 2.10. The van der Waals surface area contributed by atoms with Gasteiger partial charge in [0, 0.05) is 24.6 Å². The van der Waals surface area contributed by atoms with Gasteiger partial charge in [-0.1, -0.05) is 13.0 Å². The maximum atomic E-state index is 12.3. The molecule has 0 saturated heterocycles. The van der Waals surface area contributed by atoms with E-state index >= 15 is 0 Å². The highest BCUT2D eigenvalue weighted by Gasteiger charge is 2.28. The molecule has 0 radical (unpaired) electrons. The zero-order valence-corrected chi connectivity index (χ0v) is 14.5. The van der Waals surface area contributed by atoms with E-state index in [9.17, 15) is 18.0 Å². The number of rotatable bonds is 8. The molecule has 1 amide bonds. The zero-order chi connectivity index (χ0) is 17.9. The largest absolute Gasteiger partial charge is 0.481 e. The molecule has 0 bridgehead atoms. The van der Waals surface area contributed by atoms with Crippen LogP contribution in [0.15, 0.2) is 23.1 Å². The van der Waals surface area contributed by atoms with E-state index in [4.69, 9.17) is 5.11 Å². The van der Waals surface area contributed by atoms with Crippen LogP contribution in [0.1, 0.15) is 42.1 Å². The highest BCUT2D eigenvalue weighted by atomic mass is 32.2. The molecule has 0 aliphatic heterocycles. The van der Waals surface area contributed by atoms with E-state index in [1.54, 1.807) is 19.9 Å². The van der Waals surface area contributed by atoms with Crippen LogP contribution in [0.2, 0.25) is 0 Å². The number of carbonyl (C=O) groups excluding carboxylic acids is 1. The third-order valence-electron chi connectivity index (χ3n) is 3.80. The van der Waals surface area contributed by atoms with Crippen LogP contribution in [0.3, 0.4) is 0 Å². The molecule has 1 saturated carbocycles. The van der Waals surface area contributed by atoms with Crippen molar-refractivity contribution in [2.45, 2.75) is 44.0 Å². The number of amides is 1. The Morgan fingerprint density at radius 3 is 2.58 bits per heavy atom. The molecule has 1 atom stereocenters. The van der Waals surface area contributed by atoms with Gasteiger partial charge in [-0.05, 0) is 43.4 Å². The lowest BCUT2D eigenvalue weighted by atomic mass is 10.1. The number of benzene rings is 1. The lowest BCUT2D eigenvalue weighted by Gasteiger charge is -2.13. The summed E-state index contributed by atoms with van der Waals surface area (Å²) in [6.45, 7) is 3.66. The summed E-state index contributed by atoms with van der Waals surface area (Å²) in [5.74, 6) is -1.55. The Hall–Kier alpha value is -1.93. The van der Waals surface area contributed by atoms with Gasteiger partial charge in [-0.2, -0.15) is 0 Å². The fourth-order valence-electron chi connectivity index (χ4n) is 2.23. The van der Waals surface area contributed by atoms with Crippen LogP contribution in [-0.2, 0) is 14.8 Å². The van der Waals surface area contributed by atoms with Crippen molar-refractivity contribution in [1.29, 1.82) is 0 Å². The highest BCUT2D eigenvalue weighted by molar-refractivity contribution is 7.89. The smallest absolute Gasteiger partial charge is 0.303 e. The summed E-state index contributed by atoms with van der Waals surface area (Å²) in [4.78, 5) is 23.0. The molecule has 24 heavy (non-hydrogen) atoms. The Kier molecular flexibility index (Phi) is 5.61. The fraction of sp³-hybridized carbons (Fsp3) is 0.500. The second-order valence-electron chi connectivity index (χ2n) is 6.29. The number of hydrogen-bond acceptors (Lipinski definition) is 4. The topological polar surface area (TPSA) is 113 Å². The lowest BCUT2D eigenvalue weighted by molar-refractivity contribution is -0.137. The number of nitrogens with one attached hydrogen (secondary N) is 2. The molecule has 0 heterocycles. The second-order valence-corrected chi connectivity index (χ2v) is 8.00. The molecule has 132 valence electrons. The van der Waals surface area contributed by atoms with Gasteiger partial charge in [0.25, 0.3) is 5.91 Å². The van der Waals surface area contributed by atoms with Gasteiger partial charge < -0.3 is 10.4 Å². The van der Waals surface area contributed by atoms with Crippen molar-refractivity contribution in [3.63, 3.8) is 0 Å². The van der Waals surface area contributed by atoms with Gasteiger partial charge in [0.05, 0.1) is 4.90 Å². The fourth-order valence-corrected chi connectivity index (χ4v) is 3.56. The predicted molar refractivity (Wildman–Crippen MR) is 88.3 cm³/mol. The first kappa shape index (κ1) is 18.4. The highest BCUT2D eigenvalue weighted by Crippen LogP contribution is 2.23. The first-order valence-electron chi connectivity index (χ1n) is 7.82. The average Bonchev–Trinajstić information content (AvgIpc) is 3.27. The molecular weight excluding hydrogens is 332 g/mol. The number of aliphatic carboxylic acids is 1. The number of carboxylic acids is 1. The monoisotopic (exact) mass is 354 g/mol. The van der Waals surface area contributed by atoms with Crippen LogP contribution < -0.4 is 10.0 Å². The Morgan fingerprint density at radius 1 is 1.33 bits per heavy atom. The second kappa shape index (κ2) is 7.31. The summed E-state index contributed by atoms with van der Waals surface area (Å²) >= 11 is 0. The van der Waals surface area contributed by atoms with Crippen LogP contribution in [0.4, 0.5) is 0 Å². The van der Waals surface area contributed by atoms with Gasteiger partial charge in [-0.15, -0.1) is 0 Å². The minimum Gasteiger partial charge on any atom is -0.481 e. The maximum absolute atomic E-state index is 12.3. The first-order chi connectivity index (χ1) is 11.2. The van der Waals surface area contributed by atoms with E-state index < -0.39 is 21.9 Å². The molecule has 0 spiro atoms. The average molecular weight is 354 g/mol. The minimum atomic E-state index is -3.62. The third kappa shape index (κ3) is 5.04. The molecular formula is C16H22N2O5S. The Bertz CT molecular complexity index is 741.